The zero-order valence-electron chi connectivity index (χ0n) is 10.4. The molecule has 3 nitrogen and oxygen atoms in total. The van der Waals surface area contributed by atoms with E-state index in [1.165, 1.54) is 12.1 Å². The lowest BCUT2D eigenvalue weighted by Crippen LogP contribution is -2.29. The molecule has 1 fully saturated rings. The van der Waals surface area contributed by atoms with Crippen LogP contribution in [0, 0.1) is 0 Å². The number of aromatic nitrogens is 1. The zero-order chi connectivity index (χ0) is 11.5. The molecule has 0 saturated carbocycles. The Bertz CT molecular complexity index is 349. The maximum absolute atomic E-state index is 4.72. The van der Waals surface area contributed by atoms with E-state index in [1.807, 2.05) is 7.05 Å². The van der Waals surface area contributed by atoms with Crippen LogP contribution >= 0.6 is 0 Å². The molecule has 1 saturated heterocycles. The highest BCUT2D eigenvalue weighted by Crippen LogP contribution is 2.20. The zero-order valence-corrected chi connectivity index (χ0v) is 10.4. The summed E-state index contributed by atoms with van der Waals surface area (Å²) < 4.78 is 0. The van der Waals surface area contributed by atoms with Gasteiger partial charge in [-0.2, -0.15) is 0 Å². The first kappa shape index (κ1) is 11.4. The third-order valence-electron chi connectivity index (χ3n) is 3.27. The van der Waals surface area contributed by atoms with Crippen LogP contribution in [0.2, 0.25) is 0 Å². The van der Waals surface area contributed by atoms with Crippen LogP contribution < -0.4 is 10.2 Å². The monoisotopic (exact) mass is 219 g/mol. The van der Waals surface area contributed by atoms with Crippen molar-refractivity contribution in [1.82, 2.24) is 10.3 Å². The molecule has 0 radical (unpaired) electrons. The second-order valence-electron chi connectivity index (χ2n) is 4.80. The third-order valence-corrected chi connectivity index (χ3v) is 3.27. The van der Waals surface area contributed by atoms with Crippen molar-refractivity contribution in [2.24, 2.45) is 0 Å². The second-order valence-corrected chi connectivity index (χ2v) is 4.80. The molecule has 1 aliphatic heterocycles. The lowest BCUT2D eigenvalue weighted by atomic mass is 10.1. The summed E-state index contributed by atoms with van der Waals surface area (Å²) in [5.74, 6) is 1.63. The van der Waals surface area contributed by atoms with Gasteiger partial charge in [0.1, 0.15) is 5.82 Å². The molecule has 0 aliphatic carbocycles. The van der Waals surface area contributed by atoms with E-state index < -0.39 is 0 Å². The maximum atomic E-state index is 4.72. The summed E-state index contributed by atoms with van der Waals surface area (Å²) in [4.78, 5) is 7.09. The van der Waals surface area contributed by atoms with Crippen LogP contribution in [0.15, 0.2) is 18.2 Å². The topological polar surface area (TPSA) is 28.2 Å². The molecule has 3 heteroatoms. The van der Waals surface area contributed by atoms with Gasteiger partial charge in [-0.3, -0.25) is 0 Å². The Balaban J connectivity index is 2.12. The van der Waals surface area contributed by atoms with Gasteiger partial charge < -0.3 is 10.2 Å². The van der Waals surface area contributed by atoms with E-state index in [9.17, 15) is 0 Å². The van der Waals surface area contributed by atoms with Gasteiger partial charge in [0, 0.05) is 24.8 Å². The Morgan fingerprint density at radius 2 is 2.25 bits per heavy atom. The molecular weight excluding hydrogens is 198 g/mol. The minimum Gasteiger partial charge on any atom is -0.355 e. The second kappa shape index (κ2) is 4.83. The van der Waals surface area contributed by atoms with Gasteiger partial charge in [-0.05, 0) is 31.5 Å². The van der Waals surface area contributed by atoms with Gasteiger partial charge in [0.25, 0.3) is 0 Å². The largest absolute Gasteiger partial charge is 0.355 e. The van der Waals surface area contributed by atoms with Crippen LogP contribution in [0.4, 0.5) is 5.82 Å². The van der Waals surface area contributed by atoms with Crippen LogP contribution in [0.25, 0.3) is 0 Å². The quantitative estimate of drug-likeness (QED) is 0.843. The number of nitrogens with zero attached hydrogens (tertiary/aromatic N) is 2. The Morgan fingerprint density at radius 1 is 1.44 bits per heavy atom. The standard InChI is InChI=1S/C13H21N3/c1-10(2)12-5-4-6-13(15-12)16-8-7-11(9-16)14-3/h4-6,10-11,14H,7-9H2,1-3H3/t11-/m0/s1. The van der Waals surface area contributed by atoms with Crippen LogP contribution in [-0.2, 0) is 0 Å². The number of anilines is 1. The Morgan fingerprint density at radius 3 is 2.88 bits per heavy atom. The summed E-state index contributed by atoms with van der Waals surface area (Å²) in [7, 11) is 2.03. The first-order chi connectivity index (χ1) is 7.70. The molecule has 1 aromatic rings. The number of pyridine rings is 1. The molecule has 1 aromatic heterocycles. The van der Waals surface area contributed by atoms with Gasteiger partial charge in [0.15, 0.2) is 0 Å². The highest BCUT2D eigenvalue weighted by atomic mass is 15.2. The summed E-state index contributed by atoms with van der Waals surface area (Å²) in [6.45, 7) is 6.56. The molecule has 0 bridgehead atoms. The van der Waals surface area contributed by atoms with Crippen molar-refractivity contribution in [1.29, 1.82) is 0 Å². The number of hydrogen-bond acceptors (Lipinski definition) is 3. The fourth-order valence-electron chi connectivity index (χ4n) is 2.14. The van der Waals surface area contributed by atoms with Crippen LogP contribution in [0.3, 0.4) is 0 Å². The molecular formula is C13H21N3. The van der Waals surface area contributed by atoms with Gasteiger partial charge in [-0.15, -0.1) is 0 Å². The van der Waals surface area contributed by atoms with Gasteiger partial charge in [-0.25, -0.2) is 4.98 Å². The van der Waals surface area contributed by atoms with E-state index in [0.717, 1.165) is 18.9 Å². The lowest BCUT2D eigenvalue weighted by molar-refractivity contribution is 0.616. The average Bonchev–Trinajstić information content (AvgIpc) is 2.77. The molecule has 0 aromatic carbocycles. The van der Waals surface area contributed by atoms with E-state index in [-0.39, 0.29) is 0 Å². The normalized spacial score (nSPS) is 20.8. The highest BCUT2D eigenvalue weighted by molar-refractivity contribution is 5.41. The summed E-state index contributed by atoms with van der Waals surface area (Å²) in [6, 6.07) is 6.96. The first-order valence-electron chi connectivity index (χ1n) is 6.10. The van der Waals surface area contributed by atoms with Gasteiger partial charge in [-0.1, -0.05) is 19.9 Å². The van der Waals surface area contributed by atoms with E-state index in [1.54, 1.807) is 0 Å². The summed E-state index contributed by atoms with van der Waals surface area (Å²) in [6.07, 6.45) is 1.21. The number of rotatable bonds is 3. The Kier molecular flexibility index (Phi) is 3.44. The molecule has 0 unspecified atom stereocenters. The van der Waals surface area contributed by atoms with Crippen molar-refractivity contribution in [2.45, 2.75) is 32.2 Å². The average molecular weight is 219 g/mol. The predicted molar refractivity (Wildman–Crippen MR) is 68.0 cm³/mol. The maximum Gasteiger partial charge on any atom is 0.128 e. The fourth-order valence-corrected chi connectivity index (χ4v) is 2.14. The van der Waals surface area contributed by atoms with Crippen molar-refractivity contribution < 1.29 is 0 Å². The van der Waals surface area contributed by atoms with E-state index in [2.05, 4.69) is 42.3 Å². The number of hydrogen-bond donors (Lipinski definition) is 1. The van der Waals surface area contributed by atoms with Crippen molar-refractivity contribution in [3.63, 3.8) is 0 Å². The SMILES string of the molecule is CN[C@H]1CCN(c2cccc(C(C)C)n2)C1. The summed E-state index contributed by atoms with van der Waals surface area (Å²) in [5, 5.41) is 3.33. The van der Waals surface area contributed by atoms with E-state index in [0.29, 0.717) is 12.0 Å². The molecule has 16 heavy (non-hydrogen) atoms. The minimum atomic E-state index is 0.502. The molecule has 0 spiro atoms. The molecule has 1 N–H and O–H groups in total. The van der Waals surface area contributed by atoms with Crippen molar-refractivity contribution in [3.05, 3.63) is 23.9 Å². The molecule has 2 heterocycles. The minimum absolute atomic E-state index is 0.502. The Labute approximate surface area is 97.9 Å². The van der Waals surface area contributed by atoms with Crippen LogP contribution in [-0.4, -0.2) is 31.2 Å². The van der Waals surface area contributed by atoms with Crippen molar-refractivity contribution in [3.8, 4) is 0 Å². The van der Waals surface area contributed by atoms with E-state index in [4.69, 9.17) is 4.98 Å². The molecule has 0 amide bonds. The van der Waals surface area contributed by atoms with Crippen molar-refractivity contribution >= 4 is 5.82 Å². The van der Waals surface area contributed by atoms with Gasteiger partial charge in [0.2, 0.25) is 0 Å². The predicted octanol–water partition coefficient (Wildman–Crippen LogP) is 2.00. The smallest absolute Gasteiger partial charge is 0.128 e. The molecule has 1 aliphatic rings. The lowest BCUT2D eigenvalue weighted by Gasteiger charge is -2.18. The van der Waals surface area contributed by atoms with Crippen LogP contribution in [0.5, 0.6) is 0 Å². The molecule has 88 valence electrons. The van der Waals surface area contributed by atoms with Gasteiger partial charge in [0.05, 0.1) is 0 Å². The fraction of sp³-hybridized carbons (Fsp3) is 0.615. The Hall–Kier alpha value is -1.09. The number of nitrogens with one attached hydrogen (secondary N) is 1. The first-order valence-corrected chi connectivity index (χ1v) is 6.10. The summed E-state index contributed by atoms with van der Waals surface area (Å²) in [5.41, 5.74) is 1.19. The van der Waals surface area contributed by atoms with Gasteiger partial charge >= 0.3 is 0 Å². The third kappa shape index (κ3) is 2.35. The van der Waals surface area contributed by atoms with Crippen molar-refractivity contribution in [2.75, 3.05) is 25.0 Å². The molecule has 2 rings (SSSR count). The number of likely N-dealkylation sites (N-methyl/N-ethyl adjacent to an activating group) is 1. The molecule has 1 atom stereocenters. The van der Waals surface area contributed by atoms with E-state index >= 15 is 0 Å². The summed E-state index contributed by atoms with van der Waals surface area (Å²) >= 11 is 0. The highest BCUT2D eigenvalue weighted by Gasteiger charge is 2.22. The van der Waals surface area contributed by atoms with Crippen LogP contribution in [0.1, 0.15) is 31.9 Å².